The fourth-order valence-electron chi connectivity index (χ4n) is 14.2. The lowest BCUT2D eigenvalue weighted by Crippen LogP contribution is -2.37. The number of nitrogens with zero attached hydrogens (tertiary/aromatic N) is 3. The smallest absolute Gasteiger partial charge is 0.0742 e. The molecule has 1 aliphatic heterocycles. The van der Waals surface area contributed by atoms with Crippen molar-refractivity contribution in [3.8, 4) is 22.3 Å². The minimum Gasteiger partial charge on any atom is -0.310 e. The van der Waals surface area contributed by atoms with E-state index >= 15 is 0 Å². The van der Waals surface area contributed by atoms with Gasteiger partial charge in [-0.05, 0) is 191 Å². The highest BCUT2D eigenvalue weighted by Crippen LogP contribution is 2.59. The van der Waals surface area contributed by atoms with Gasteiger partial charge in [0.05, 0.1) is 16.8 Å². The first-order valence-electron chi connectivity index (χ1n) is 28.3. The molecule has 0 amide bonds. The summed E-state index contributed by atoms with van der Waals surface area (Å²) in [7, 11) is 0. The molecular weight excluding hydrogens is 967 g/mol. The normalized spacial score (nSPS) is 14.5. The second-order valence-corrected chi connectivity index (χ2v) is 23.6. The van der Waals surface area contributed by atoms with Crippen molar-refractivity contribution in [3.63, 3.8) is 0 Å². The van der Waals surface area contributed by atoms with Crippen LogP contribution in [-0.2, 0) is 16.2 Å². The van der Waals surface area contributed by atoms with E-state index in [4.69, 9.17) is 0 Å². The van der Waals surface area contributed by atoms with Crippen molar-refractivity contribution in [2.75, 3.05) is 14.7 Å². The van der Waals surface area contributed by atoms with E-state index in [1.807, 2.05) is 0 Å². The topological polar surface area (TPSA) is 9.72 Å². The van der Waals surface area contributed by atoms with Crippen molar-refractivity contribution in [1.82, 2.24) is 0 Å². The Morgan fingerprint density at radius 1 is 0.300 bits per heavy atom. The molecule has 0 radical (unpaired) electrons. The quantitative estimate of drug-likeness (QED) is 0.143. The molecule has 0 saturated heterocycles. The van der Waals surface area contributed by atoms with Crippen molar-refractivity contribution >= 4 is 51.2 Å². The third-order valence-electron chi connectivity index (χ3n) is 18.1. The number of aryl methyl sites for hydroxylation is 4. The summed E-state index contributed by atoms with van der Waals surface area (Å²) in [6, 6.07) is 93.9. The number of rotatable bonds is 9. The highest BCUT2D eigenvalue weighted by molar-refractivity contribution is 5.92. The van der Waals surface area contributed by atoms with E-state index in [0.717, 1.165) is 39.8 Å². The van der Waals surface area contributed by atoms with Crippen LogP contribution in [0.15, 0.2) is 249 Å². The lowest BCUT2D eigenvalue weighted by atomic mass is 9.62. The third kappa shape index (κ3) is 7.40. The third-order valence-corrected chi connectivity index (χ3v) is 18.1. The van der Waals surface area contributed by atoms with Crippen LogP contribution >= 0.6 is 0 Å². The molecule has 0 aromatic heterocycles. The van der Waals surface area contributed by atoms with Crippen LogP contribution in [-0.4, -0.2) is 0 Å². The van der Waals surface area contributed by atoms with Crippen molar-refractivity contribution in [1.29, 1.82) is 0 Å². The van der Waals surface area contributed by atoms with Crippen LogP contribution in [0.3, 0.4) is 0 Å². The molecule has 0 saturated carbocycles. The predicted molar refractivity (Wildman–Crippen MR) is 336 cm³/mol. The highest BCUT2D eigenvalue weighted by Gasteiger charge is 2.47. The molecule has 2 aliphatic carbocycles. The number of anilines is 9. The predicted octanol–water partition coefficient (Wildman–Crippen LogP) is 20.6. The van der Waals surface area contributed by atoms with Crippen LogP contribution in [0.25, 0.3) is 22.3 Å². The van der Waals surface area contributed by atoms with Crippen LogP contribution in [0.2, 0.25) is 0 Å². The molecule has 11 aromatic rings. The molecule has 80 heavy (non-hydrogen) atoms. The number of benzene rings is 11. The second-order valence-electron chi connectivity index (χ2n) is 23.6. The van der Waals surface area contributed by atoms with E-state index in [1.54, 1.807) is 0 Å². The molecule has 0 spiro atoms. The van der Waals surface area contributed by atoms with Gasteiger partial charge in [-0.3, -0.25) is 0 Å². The molecule has 388 valence electrons. The van der Waals surface area contributed by atoms with Crippen molar-refractivity contribution in [2.24, 2.45) is 0 Å². The van der Waals surface area contributed by atoms with E-state index < -0.39 is 5.41 Å². The summed E-state index contributed by atoms with van der Waals surface area (Å²) in [5, 5.41) is 0. The summed E-state index contributed by atoms with van der Waals surface area (Å²) in [4.78, 5) is 7.40. The number of fused-ring (bicyclic) bond motifs is 8. The van der Waals surface area contributed by atoms with Crippen LogP contribution in [0.1, 0.15) is 94.5 Å². The van der Waals surface area contributed by atoms with E-state index in [1.165, 1.54) is 100 Å². The van der Waals surface area contributed by atoms with Gasteiger partial charge in [-0.2, -0.15) is 0 Å². The van der Waals surface area contributed by atoms with Gasteiger partial charge in [0.25, 0.3) is 0 Å². The zero-order valence-corrected chi connectivity index (χ0v) is 47.0. The Morgan fingerprint density at radius 2 is 0.662 bits per heavy atom. The zero-order chi connectivity index (χ0) is 54.7. The zero-order valence-electron chi connectivity index (χ0n) is 47.0. The van der Waals surface area contributed by atoms with Crippen LogP contribution in [0, 0.1) is 27.7 Å². The Bertz CT molecular complexity index is 3980. The Balaban J connectivity index is 0.963. The standard InChI is InChI=1S/C77H65N3/c1-50-30-44-71(52(3)46-50)78(59-40-42-63-61-22-12-14-24-65(61)75(5,6)69(63)48-59)57-36-32-54(33-37-57)77(67-26-16-18-28-73(67)80(56-20-10-9-11-21-56)74-29-19-17-27-68(74)77)55-34-38-58(39-35-55)79(72-45-31-51(2)47-53(72)4)60-41-43-64-62-23-13-15-25-66(62)76(7,8)70(64)49-60/h9-49H,1-8H3. The van der Waals surface area contributed by atoms with Crippen molar-refractivity contribution in [2.45, 2.75) is 71.6 Å². The van der Waals surface area contributed by atoms with Gasteiger partial charge in [0, 0.05) is 50.6 Å². The van der Waals surface area contributed by atoms with Gasteiger partial charge in [-0.25, -0.2) is 0 Å². The molecule has 0 unspecified atom stereocenters. The molecule has 0 N–H and O–H groups in total. The fourth-order valence-corrected chi connectivity index (χ4v) is 14.2. The summed E-state index contributed by atoms with van der Waals surface area (Å²) < 4.78 is 0. The SMILES string of the molecule is Cc1ccc(N(c2ccc(C3(c4ccc(N(c5ccc6c(c5)C(C)(C)c5ccccc5-6)c5ccc(C)cc5C)cc4)c4ccccc4N(c4ccccc4)c4ccccc43)cc2)c2ccc3c(c2)C(C)(C)c2ccccc2-3)c(C)c1. The average molecular weight is 1030 g/mol. The molecule has 11 aromatic carbocycles. The first-order valence-corrected chi connectivity index (χ1v) is 28.3. The molecule has 1 heterocycles. The van der Waals surface area contributed by atoms with Gasteiger partial charge < -0.3 is 14.7 Å². The maximum absolute atomic E-state index is 2.47. The lowest BCUT2D eigenvalue weighted by molar-refractivity contribution is 0.660. The van der Waals surface area contributed by atoms with Gasteiger partial charge in [-0.1, -0.05) is 203 Å². The monoisotopic (exact) mass is 1030 g/mol. The van der Waals surface area contributed by atoms with Gasteiger partial charge >= 0.3 is 0 Å². The van der Waals surface area contributed by atoms with E-state index in [-0.39, 0.29) is 10.8 Å². The Labute approximate surface area is 472 Å². The average Bonchev–Trinajstić information content (AvgIpc) is 3.96. The number of hydrogen-bond donors (Lipinski definition) is 0. The molecule has 0 fully saturated rings. The summed E-state index contributed by atoms with van der Waals surface area (Å²) in [5.41, 5.74) is 29.8. The van der Waals surface area contributed by atoms with Crippen molar-refractivity contribution in [3.05, 3.63) is 315 Å². The fraction of sp³-hybridized carbons (Fsp3) is 0.143. The molecule has 0 bridgehead atoms. The Kier molecular flexibility index (Phi) is 11.3. The van der Waals surface area contributed by atoms with Gasteiger partial charge in [0.1, 0.15) is 0 Å². The lowest BCUT2D eigenvalue weighted by Gasteiger charge is -2.46. The number of para-hydroxylation sites is 3. The van der Waals surface area contributed by atoms with Gasteiger partial charge in [0.2, 0.25) is 0 Å². The van der Waals surface area contributed by atoms with E-state index in [0.29, 0.717) is 0 Å². The largest absolute Gasteiger partial charge is 0.310 e. The molecule has 3 aliphatic rings. The molecule has 3 nitrogen and oxygen atoms in total. The van der Waals surface area contributed by atoms with Crippen LogP contribution in [0.4, 0.5) is 51.2 Å². The Morgan fingerprint density at radius 3 is 1.09 bits per heavy atom. The van der Waals surface area contributed by atoms with E-state index in [9.17, 15) is 0 Å². The second kappa shape index (κ2) is 18.5. The first kappa shape index (κ1) is 49.1. The molecular formula is C77H65N3. The molecule has 14 rings (SSSR count). The maximum atomic E-state index is 2.47. The number of hydrogen-bond acceptors (Lipinski definition) is 3. The summed E-state index contributed by atoms with van der Waals surface area (Å²) in [5.74, 6) is 0. The summed E-state index contributed by atoms with van der Waals surface area (Å²) in [6.45, 7) is 18.3. The highest BCUT2D eigenvalue weighted by atomic mass is 15.2. The van der Waals surface area contributed by atoms with Crippen LogP contribution in [0.5, 0.6) is 0 Å². The molecule has 3 heteroatoms. The van der Waals surface area contributed by atoms with Gasteiger partial charge in [0.15, 0.2) is 0 Å². The Hall–Kier alpha value is -9.18. The van der Waals surface area contributed by atoms with Gasteiger partial charge in [-0.15, -0.1) is 0 Å². The van der Waals surface area contributed by atoms with E-state index in [2.05, 4.69) is 319 Å². The first-order chi connectivity index (χ1) is 38.8. The minimum atomic E-state index is -0.725. The van der Waals surface area contributed by atoms with Crippen molar-refractivity contribution < 1.29 is 0 Å². The van der Waals surface area contributed by atoms with Crippen LogP contribution < -0.4 is 14.7 Å². The summed E-state index contributed by atoms with van der Waals surface area (Å²) >= 11 is 0. The maximum Gasteiger partial charge on any atom is 0.0742 e. The summed E-state index contributed by atoms with van der Waals surface area (Å²) in [6.07, 6.45) is 0. The molecule has 0 atom stereocenters. The minimum absolute atomic E-state index is 0.141.